The number of amides is 1. The minimum Gasteiger partial charge on any atom is -0.388 e. The molecule has 1 amide bonds. The molecule has 1 aliphatic rings. The van der Waals surface area contributed by atoms with Gasteiger partial charge in [0.2, 0.25) is 5.91 Å². The predicted octanol–water partition coefficient (Wildman–Crippen LogP) is 0.384. The molecule has 6 heteroatoms. The number of nitrogens with two attached hydrogens (primary N) is 1. The Labute approximate surface area is 112 Å². The first kappa shape index (κ1) is 12.8. The largest absolute Gasteiger partial charge is 0.388 e. The monoisotopic (exact) mass is 264 g/mol. The van der Waals surface area contributed by atoms with Crippen LogP contribution in [0.3, 0.4) is 0 Å². The van der Waals surface area contributed by atoms with Gasteiger partial charge in [-0.05, 0) is 12.1 Å². The van der Waals surface area contributed by atoms with Gasteiger partial charge in [0.15, 0.2) is 0 Å². The molecule has 1 aromatic rings. The molecule has 0 aromatic carbocycles. The Morgan fingerprint density at radius 2 is 2.00 bits per heavy atom. The normalized spacial score (nSPS) is 15.6. The second-order valence-electron chi connectivity index (χ2n) is 4.24. The fourth-order valence-electron chi connectivity index (χ4n) is 1.99. The van der Waals surface area contributed by atoms with E-state index in [-0.39, 0.29) is 5.91 Å². The number of rotatable bonds is 2. The van der Waals surface area contributed by atoms with E-state index in [1.54, 1.807) is 13.0 Å². The number of aromatic nitrogens is 1. The molecular formula is C12H16N4OS. The van der Waals surface area contributed by atoms with Crippen LogP contribution in [-0.4, -0.2) is 47.0 Å². The van der Waals surface area contributed by atoms with Crippen molar-refractivity contribution in [3.05, 3.63) is 23.9 Å². The summed E-state index contributed by atoms with van der Waals surface area (Å²) < 4.78 is 0. The molecule has 0 unspecified atom stereocenters. The summed E-state index contributed by atoms with van der Waals surface area (Å²) in [4.78, 5) is 20.0. The van der Waals surface area contributed by atoms with Crippen molar-refractivity contribution < 1.29 is 4.79 Å². The fraction of sp³-hybridized carbons (Fsp3) is 0.417. The third-order valence-electron chi connectivity index (χ3n) is 3.04. The van der Waals surface area contributed by atoms with Gasteiger partial charge in [-0.15, -0.1) is 0 Å². The Bertz CT molecular complexity index is 469. The molecule has 0 bridgehead atoms. The summed E-state index contributed by atoms with van der Waals surface area (Å²) in [6, 6.07) is 5.64. The maximum Gasteiger partial charge on any atom is 0.219 e. The molecule has 96 valence electrons. The van der Waals surface area contributed by atoms with Crippen molar-refractivity contribution in [3.63, 3.8) is 0 Å². The van der Waals surface area contributed by atoms with Crippen molar-refractivity contribution >= 4 is 28.9 Å². The van der Waals surface area contributed by atoms with E-state index < -0.39 is 0 Å². The molecule has 1 aliphatic heterocycles. The number of pyridine rings is 1. The van der Waals surface area contributed by atoms with Crippen LogP contribution in [0.2, 0.25) is 0 Å². The van der Waals surface area contributed by atoms with Crippen LogP contribution in [0.25, 0.3) is 0 Å². The summed E-state index contributed by atoms with van der Waals surface area (Å²) in [7, 11) is 0. The quantitative estimate of drug-likeness (QED) is 0.783. The van der Waals surface area contributed by atoms with Gasteiger partial charge < -0.3 is 15.5 Å². The van der Waals surface area contributed by atoms with Gasteiger partial charge in [0.1, 0.15) is 10.8 Å². The van der Waals surface area contributed by atoms with Gasteiger partial charge >= 0.3 is 0 Å². The lowest BCUT2D eigenvalue weighted by molar-refractivity contribution is -0.129. The lowest BCUT2D eigenvalue weighted by Crippen LogP contribution is -2.48. The zero-order valence-electron chi connectivity index (χ0n) is 10.3. The van der Waals surface area contributed by atoms with Crippen molar-refractivity contribution in [3.8, 4) is 0 Å². The first-order chi connectivity index (χ1) is 8.58. The molecule has 2 heterocycles. The average molecular weight is 264 g/mol. The van der Waals surface area contributed by atoms with Gasteiger partial charge in [-0.25, -0.2) is 4.98 Å². The second-order valence-corrected chi connectivity index (χ2v) is 4.68. The van der Waals surface area contributed by atoms with Gasteiger partial charge in [0.25, 0.3) is 0 Å². The summed E-state index contributed by atoms with van der Waals surface area (Å²) in [6.45, 7) is 4.63. The molecule has 0 saturated carbocycles. The number of carbonyl (C=O) groups excluding carboxylic acids is 1. The summed E-state index contributed by atoms with van der Waals surface area (Å²) in [5.41, 5.74) is 6.21. The lowest BCUT2D eigenvalue weighted by atomic mass is 10.3. The summed E-state index contributed by atoms with van der Waals surface area (Å²) in [6.07, 6.45) is 0. The van der Waals surface area contributed by atoms with Gasteiger partial charge in [-0.3, -0.25) is 4.79 Å². The van der Waals surface area contributed by atoms with Gasteiger partial charge in [-0.1, -0.05) is 18.3 Å². The molecule has 0 radical (unpaired) electrons. The van der Waals surface area contributed by atoms with Crippen LogP contribution in [0.4, 0.5) is 5.82 Å². The van der Waals surface area contributed by atoms with Crippen LogP contribution in [-0.2, 0) is 4.79 Å². The van der Waals surface area contributed by atoms with E-state index in [0.717, 1.165) is 32.0 Å². The maximum atomic E-state index is 11.2. The van der Waals surface area contributed by atoms with Gasteiger partial charge in [0, 0.05) is 33.1 Å². The summed E-state index contributed by atoms with van der Waals surface area (Å²) in [5, 5.41) is 0. The molecule has 2 rings (SSSR count). The van der Waals surface area contributed by atoms with Crippen molar-refractivity contribution in [1.82, 2.24) is 9.88 Å². The van der Waals surface area contributed by atoms with Gasteiger partial charge in [-0.2, -0.15) is 0 Å². The molecule has 0 spiro atoms. The third-order valence-corrected chi connectivity index (χ3v) is 3.24. The predicted molar refractivity (Wildman–Crippen MR) is 74.6 cm³/mol. The van der Waals surface area contributed by atoms with Crippen LogP contribution in [0, 0.1) is 0 Å². The van der Waals surface area contributed by atoms with E-state index in [1.807, 2.05) is 17.0 Å². The zero-order valence-corrected chi connectivity index (χ0v) is 11.1. The van der Waals surface area contributed by atoms with E-state index in [9.17, 15) is 4.79 Å². The molecule has 18 heavy (non-hydrogen) atoms. The van der Waals surface area contributed by atoms with Crippen molar-refractivity contribution in [2.45, 2.75) is 6.92 Å². The topological polar surface area (TPSA) is 62.5 Å². The van der Waals surface area contributed by atoms with E-state index in [1.165, 1.54) is 0 Å². The smallest absolute Gasteiger partial charge is 0.219 e. The van der Waals surface area contributed by atoms with Crippen LogP contribution in [0.1, 0.15) is 12.6 Å². The number of piperazine rings is 1. The number of nitrogens with zero attached hydrogens (tertiary/aromatic N) is 3. The molecule has 1 saturated heterocycles. The SMILES string of the molecule is CC(=O)N1CCN(c2cccc(C(N)=S)n2)CC1. The fourth-order valence-corrected chi connectivity index (χ4v) is 2.10. The minimum atomic E-state index is 0.125. The van der Waals surface area contributed by atoms with Crippen molar-refractivity contribution in [2.75, 3.05) is 31.1 Å². The highest BCUT2D eigenvalue weighted by Gasteiger charge is 2.19. The van der Waals surface area contributed by atoms with E-state index in [2.05, 4.69) is 9.88 Å². The van der Waals surface area contributed by atoms with Crippen LogP contribution < -0.4 is 10.6 Å². The third kappa shape index (κ3) is 2.76. The highest BCUT2D eigenvalue weighted by molar-refractivity contribution is 7.80. The first-order valence-electron chi connectivity index (χ1n) is 5.85. The highest BCUT2D eigenvalue weighted by atomic mass is 32.1. The Morgan fingerprint density at radius 3 is 2.56 bits per heavy atom. The van der Waals surface area contributed by atoms with Crippen LogP contribution in [0.15, 0.2) is 18.2 Å². The van der Waals surface area contributed by atoms with Crippen molar-refractivity contribution in [1.29, 1.82) is 0 Å². The van der Waals surface area contributed by atoms with Crippen molar-refractivity contribution in [2.24, 2.45) is 5.73 Å². The molecule has 0 aliphatic carbocycles. The van der Waals surface area contributed by atoms with E-state index >= 15 is 0 Å². The number of thiocarbonyl (C=S) groups is 1. The van der Waals surface area contributed by atoms with Gasteiger partial charge in [0.05, 0.1) is 5.69 Å². The Kier molecular flexibility index (Phi) is 3.76. The minimum absolute atomic E-state index is 0.125. The summed E-state index contributed by atoms with van der Waals surface area (Å²) >= 11 is 4.92. The second kappa shape index (κ2) is 5.30. The maximum absolute atomic E-state index is 11.2. The lowest BCUT2D eigenvalue weighted by Gasteiger charge is -2.35. The standard InChI is InChI=1S/C12H16N4OS/c1-9(17)15-5-7-16(8-6-15)11-4-2-3-10(14-11)12(13)18/h2-4H,5-8H2,1H3,(H2,13,18). The molecule has 1 fully saturated rings. The molecular weight excluding hydrogens is 248 g/mol. The molecule has 0 atom stereocenters. The number of hydrogen-bond acceptors (Lipinski definition) is 4. The molecule has 1 aromatic heterocycles. The Morgan fingerprint density at radius 1 is 1.33 bits per heavy atom. The zero-order chi connectivity index (χ0) is 13.1. The number of carbonyl (C=O) groups is 1. The number of anilines is 1. The molecule has 5 nitrogen and oxygen atoms in total. The van der Waals surface area contributed by atoms with Crippen LogP contribution in [0.5, 0.6) is 0 Å². The van der Waals surface area contributed by atoms with Crippen LogP contribution >= 0.6 is 12.2 Å². The molecule has 2 N–H and O–H groups in total. The van der Waals surface area contributed by atoms with E-state index in [0.29, 0.717) is 10.7 Å². The highest BCUT2D eigenvalue weighted by Crippen LogP contribution is 2.14. The first-order valence-corrected chi connectivity index (χ1v) is 6.26. The summed E-state index contributed by atoms with van der Waals surface area (Å²) in [5.74, 6) is 0.989. The Hall–Kier alpha value is -1.69. The Balaban J connectivity index is 2.07. The number of hydrogen-bond donors (Lipinski definition) is 1. The average Bonchev–Trinajstić information content (AvgIpc) is 2.39. The van der Waals surface area contributed by atoms with E-state index in [4.69, 9.17) is 18.0 Å².